The predicted molar refractivity (Wildman–Crippen MR) is 108 cm³/mol. The predicted octanol–water partition coefficient (Wildman–Crippen LogP) is 3.82. The van der Waals surface area contributed by atoms with Gasteiger partial charge in [0, 0.05) is 18.0 Å². The zero-order chi connectivity index (χ0) is 19.6. The van der Waals surface area contributed by atoms with Crippen molar-refractivity contribution < 1.29 is 14.3 Å². The van der Waals surface area contributed by atoms with Crippen LogP contribution in [0.1, 0.15) is 16.7 Å². The fraction of sp³-hybridized carbons (Fsp3) is 0.273. The Bertz CT molecular complexity index is 1010. The lowest BCUT2D eigenvalue weighted by atomic mass is 10.0. The second kappa shape index (κ2) is 7.66. The van der Waals surface area contributed by atoms with Crippen molar-refractivity contribution >= 4 is 16.8 Å². The summed E-state index contributed by atoms with van der Waals surface area (Å²) < 4.78 is 11.1. The Labute approximate surface area is 159 Å². The Morgan fingerprint density at radius 3 is 2.52 bits per heavy atom. The van der Waals surface area contributed by atoms with Gasteiger partial charge in [-0.15, -0.1) is 0 Å². The smallest absolute Gasteiger partial charge is 0.224 e. The Balaban J connectivity index is 2.18. The standard InChI is InChI=1S/C22H24N2O3/c1-13-8-17(22(27-5)20(9-13)26-4)18-10-14(2)16-7-6-15(11-19(16)24-18)12-21(25)23-3/h6-11H,12H2,1-5H3,(H,23,25). The zero-order valence-corrected chi connectivity index (χ0v) is 16.3. The average Bonchev–Trinajstić information content (AvgIpc) is 2.66. The van der Waals surface area contributed by atoms with Gasteiger partial charge in [-0.05, 0) is 54.8 Å². The number of pyridine rings is 1. The van der Waals surface area contributed by atoms with Gasteiger partial charge >= 0.3 is 0 Å². The molecule has 0 fully saturated rings. The van der Waals surface area contributed by atoms with E-state index in [4.69, 9.17) is 14.5 Å². The normalized spacial score (nSPS) is 10.7. The molecule has 0 radical (unpaired) electrons. The molecule has 0 unspecified atom stereocenters. The molecule has 0 bridgehead atoms. The van der Waals surface area contributed by atoms with Gasteiger partial charge in [0.1, 0.15) is 0 Å². The van der Waals surface area contributed by atoms with E-state index in [-0.39, 0.29) is 5.91 Å². The van der Waals surface area contributed by atoms with Crippen LogP contribution in [0.5, 0.6) is 11.5 Å². The SMILES string of the molecule is CNC(=O)Cc1ccc2c(C)cc(-c3cc(C)cc(OC)c3OC)nc2c1. The molecule has 1 N–H and O–H groups in total. The van der Waals surface area contributed by atoms with Crippen LogP contribution in [0, 0.1) is 13.8 Å². The first kappa shape index (κ1) is 18.7. The zero-order valence-electron chi connectivity index (χ0n) is 16.3. The van der Waals surface area contributed by atoms with Crippen LogP contribution in [-0.4, -0.2) is 32.2 Å². The Hall–Kier alpha value is -3.08. The molecule has 0 atom stereocenters. The summed E-state index contributed by atoms with van der Waals surface area (Å²) in [5.74, 6) is 1.32. The number of carbonyl (C=O) groups is 1. The number of nitrogens with one attached hydrogen (secondary N) is 1. The number of ether oxygens (including phenoxy) is 2. The Morgan fingerprint density at radius 2 is 1.85 bits per heavy atom. The van der Waals surface area contributed by atoms with Crippen LogP contribution in [0.4, 0.5) is 0 Å². The second-order valence-corrected chi connectivity index (χ2v) is 6.57. The van der Waals surface area contributed by atoms with E-state index < -0.39 is 0 Å². The number of hydrogen-bond acceptors (Lipinski definition) is 4. The van der Waals surface area contributed by atoms with E-state index in [2.05, 4.69) is 18.3 Å². The summed E-state index contributed by atoms with van der Waals surface area (Å²) in [5, 5.41) is 3.72. The van der Waals surface area contributed by atoms with Crippen LogP contribution < -0.4 is 14.8 Å². The maximum Gasteiger partial charge on any atom is 0.224 e. The maximum atomic E-state index is 11.7. The van der Waals surface area contributed by atoms with Crippen LogP contribution in [0.25, 0.3) is 22.2 Å². The molecule has 0 aliphatic heterocycles. The molecule has 0 aliphatic rings. The van der Waals surface area contributed by atoms with E-state index >= 15 is 0 Å². The Kier molecular flexibility index (Phi) is 5.31. The van der Waals surface area contributed by atoms with Crippen LogP contribution in [0.2, 0.25) is 0 Å². The summed E-state index contributed by atoms with van der Waals surface area (Å²) >= 11 is 0. The quantitative estimate of drug-likeness (QED) is 0.748. The molecule has 0 saturated heterocycles. The van der Waals surface area contributed by atoms with Gasteiger partial charge in [-0.1, -0.05) is 12.1 Å². The van der Waals surface area contributed by atoms with Gasteiger partial charge in [0.15, 0.2) is 11.5 Å². The van der Waals surface area contributed by atoms with E-state index in [1.165, 1.54) is 0 Å². The van der Waals surface area contributed by atoms with E-state index in [0.717, 1.165) is 38.9 Å². The molecule has 27 heavy (non-hydrogen) atoms. The van der Waals surface area contributed by atoms with E-state index in [1.54, 1.807) is 21.3 Å². The number of hydrogen-bond donors (Lipinski definition) is 1. The Morgan fingerprint density at radius 1 is 1.07 bits per heavy atom. The molecular formula is C22H24N2O3. The minimum absolute atomic E-state index is 0.0210. The number of amides is 1. The van der Waals surface area contributed by atoms with Crippen molar-refractivity contribution in [3.05, 3.63) is 53.1 Å². The maximum absolute atomic E-state index is 11.7. The fourth-order valence-corrected chi connectivity index (χ4v) is 3.26. The molecule has 5 heteroatoms. The molecule has 5 nitrogen and oxygen atoms in total. The molecule has 2 aromatic carbocycles. The fourth-order valence-electron chi connectivity index (χ4n) is 3.26. The van der Waals surface area contributed by atoms with Crippen LogP contribution in [0.3, 0.4) is 0 Å². The highest BCUT2D eigenvalue weighted by atomic mass is 16.5. The minimum atomic E-state index is -0.0210. The summed E-state index contributed by atoms with van der Waals surface area (Å²) in [6.45, 7) is 4.08. The first-order chi connectivity index (χ1) is 13.0. The highest BCUT2D eigenvalue weighted by Crippen LogP contribution is 2.39. The van der Waals surface area contributed by atoms with Crippen molar-refractivity contribution in [2.24, 2.45) is 0 Å². The summed E-state index contributed by atoms with van der Waals surface area (Å²) in [6.07, 6.45) is 0.332. The molecule has 3 aromatic rings. The van der Waals surface area contributed by atoms with Gasteiger partial charge in [-0.25, -0.2) is 4.98 Å². The summed E-state index contributed by atoms with van der Waals surface area (Å²) in [4.78, 5) is 16.6. The molecule has 0 aliphatic carbocycles. The number of benzene rings is 2. The molecule has 1 aromatic heterocycles. The summed E-state index contributed by atoms with van der Waals surface area (Å²) in [7, 11) is 4.90. The first-order valence-electron chi connectivity index (χ1n) is 8.80. The van der Waals surface area contributed by atoms with E-state index in [9.17, 15) is 4.79 Å². The third-order valence-electron chi connectivity index (χ3n) is 4.62. The number of carbonyl (C=O) groups excluding carboxylic acids is 1. The van der Waals surface area contributed by atoms with Crippen LogP contribution in [0.15, 0.2) is 36.4 Å². The monoisotopic (exact) mass is 364 g/mol. The third-order valence-corrected chi connectivity index (χ3v) is 4.62. The van der Waals surface area contributed by atoms with Gasteiger partial charge in [0.25, 0.3) is 0 Å². The average molecular weight is 364 g/mol. The van der Waals surface area contributed by atoms with E-state index in [0.29, 0.717) is 17.9 Å². The lowest BCUT2D eigenvalue weighted by Crippen LogP contribution is -2.19. The van der Waals surface area contributed by atoms with Gasteiger partial charge in [-0.2, -0.15) is 0 Å². The number of aryl methyl sites for hydroxylation is 2. The molecular weight excluding hydrogens is 340 g/mol. The number of likely N-dealkylation sites (N-methyl/N-ethyl adjacent to an activating group) is 1. The minimum Gasteiger partial charge on any atom is -0.493 e. The first-order valence-corrected chi connectivity index (χ1v) is 8.80. The summed E-state index contributed by atoms with van der Waals surface area (Å²) in [6, 6.07) is 12.0. The van der Waals surface area contributed by atoms with Gasteiger partial charge < -0.3 is 14.8 Å². The molecule has 140 valence electrons. The number of rotatable bonds is 5. The summed E-state index contributed by atoms with van der Waals surface area (Å²) in [5.41, 5.74) is 5.67. The van der Waals surface area contributed by atoms with Crippen molar-refractivity contribution in [2.45, 2.75) is 20.3 Å². The van der Waals surface area contributed by atoms with E-state index in [1.807, 2.05) is 37.3 Å². The van der Waals surface area contributed by atoms with Gasteiger partial charge in [-0.3, -0.25) is 4.79 Å². The van der Waals surface area contributed by atoms with Crippen molar-refractivity contribution in [3.8, 4) is 22.8 Å². The molecule has 1 amide bonds. The molecule has 0 spiro atoms. The van der Waals surface area contributed by atoms with Crippen LogP contribution >= 0.6 is 0 Å². The third kappa shape index (κ3) is 3.72. The van der Waals surface area contributed by atoms with Crippen molar-refractivity contribution in [2.75, 3.05) is 21.3 Å². The number of nitrogens with zero attached hydrogens (tertiary/aromatic N) is 1. The molecule has 1 heterocycles. The number of aromatic nitrogens is 1. The number of methoxy groups -OCH3 is 2. The van der Waals surface area contributed by atoms with Crippen molar-refractivity contribution in [3.63, 3.8) is 0 Å². The van der Waals surface area contributed by atoms with Crippen LogP contribution in [-0.2, 0) is 11.2 Å². The van der Waals surface area contributed by atoms with Crippen molar-refractivity contribution in [1.29, 1.82) is 0 Å². The lowest BCUT2D eigenvalue weighted by molar-refractivity contribution is -0.119. The van der Waals surface area contributed by atoms with Crippen molar-refractivity contribution in [1.82, 2.24) is 10.3 Å². The highest BCUT2D eigenvalue weighted by Gasteiger charge is 2.16. The highest BCUT2D eigenvalue weighted by molar-refractivity contribution is 5.88. The molecule has 3 rings (SSSR count). The number of fused-ring (bicyclic) bond motifs is 1. The van der Waals surface area contributed by atoms with Gasteiger partial charge in [0.05, 0.1) is 31.9 Å². The second-order valence-electron chi connectivity index (χ2n) is 6.57. The largest absolute Gasteiger partial charge is 0.493 e. The van der Waals surface area contributed by atoms with Gasteiger partial charge in [0.2, 0.25) is 5.91 Å². The molecule has 0 saturated carbocycles. The lowest BCUT2D eigenvalue weighted by Gasteiger charge is -2.15. The topological polar surface area (TPSA) is 60.5 Å².